The first kappa shape index (κ1) is 24.3. The average Bonchev–Trinajstić information content (AvgIpc) is 3.37. The van der Waals surface area contributed by atoms with Crippen molar-refractivity contribution in [2.45, 2.75) is 30.8 Å². The van der Waals surface area contributed by atoms with E-state index >= 15 is 0 Å². The number of anilines is 1. The molecule has 10 heteroatoms. The van der Waals surface area contributed by atoms with Crippen LogP contribution in [0.3, 0.4) is 0 Å². The van der Waals surface area contributed by atoms with E-state index in [1.807, 2.05) is 0 Å². The molecule has 182 valence electrons. The maximum absolute atomic E-state index is 13.1. The number of rotatable bonds is 7. The zero-order chi connectivity index (χ0) is 24.1. The van der Waals surface area contributed by atoms with Crippen molar-refractivity contribution in [1.29, 1.82) is 0 Å². The SMILES string of the molecule is Cc1ccc(S(=O)(=O)N2CCOCC2)cc1C(=O)Nc1ccccc1C(=O)NC[C@H]1CCCO1. The van der Waals surface area contributed by atoms with Crippen LogP contribution in [0.5, 0.6) is 0 Å². The third-order valence-corrected chi connectivity index (χ3v) is 7.89. The van der Waals surface area contributed by atoms with Gasteiger partial charge in [0.2, 0.25) is 10.0 Å². The first-order valence-corrected chi connectivity index (χ1v) is 12.8. The topological polar surface area (TPSA) is 114 Å². The summed E-state index contributed by atoms with van der Waals surface area (Å²) in [5.41, 5.74) is 1.52. The van der Waals surface area contributed by atoms with Gasteiger partial charge in [-0.15, -0.1) is 0 Å². The number of hydrogen-bond donors (Lipinski definition) is 2. The molecule has 2 aliphatic rings. The number of amides is 2. The molecule has 2 N–H and O–H groups in total. The van der Waals surface area contributed by atoms with E-state index in [0.29, 0.717) is 43.2 Å². The van der Waals surface area contributed by atoms with Crippen molar-refractivity contribution >= 4 is 27.5 Å². The minimum absolute atomic E-state index is 0.00417. The van der Waals surface area contributed by atoms with E-state index in [2.05, 4.69) is 10.6 Å². The lowest BCUT2D eigenvalue weighted by molar-refractivity contribution is 0.0730. The first-order chi connectivity index (χ1) is 16.4. The smallest absolute Gasteiger partial charge is 0.255 e. The van der Waals surface area contributed by atoms with Crippen LogP contribution < -0.4 is 10.6 Å². The number of ether oxygens (including phenoxy) is 2. The van der Waals surface area contributed by atoms with Gasteiger partial charge in [0.1, 0.15) is 0 Å². The number of aryl methyl sites for hydroxylation is 1. The monoisotopic (exact) mass is 487 g/mol. The van der Waals surface area contributed by atoms with Gasteiger partial charge in [-0.1, -0.05) is 18.2 Å². The van der Waals surface area contributed by atoms with Gasteiger partial charge in [0.05, 0.1) is 35.5 Å². The number of carbonyl (C=O) groups excluding carboxylic acids is 2. The molecular formula is C24H29N3O6S. The lowest BCUT2D eigenvalue weighted by Gasteiger charge is -2.26. The van der Waals surface area contributed by atoms with Gasteiger partial charge < -0.3 is 20.1 Å². The number of nitrogens with zero attached hydrogens (tertiary/aromatic N) is 1. The van der Waals surface area contributed by atoms with Crippen LogP contribution in [0, 0.1) is 6.92 Å². The molecule has 2 heterocycles. The summed E-state index contributed by atoms with van der Waals surface area (Å²) < 4.78 is 38.2. The van der Waals surface area contributed by atoms with Gasteiger partial charge in [0, 0.05) is 31.8 Å². The van der Waals surface area contributed by atoms with E-state index in [-0.39, 0.29) is 35.6 Å². The highest BCUT2D eigenvalue weighted by Gasteiger charge is 2.27. The molecule has 0 aliphatic carbocycles. The van der Waals surface area contributed by atoms with Crippen LogP contribution in [0.4, 0.5) is 5.69 Å². The lowest BCUT2D eigenvalue weighted by Crippen LogP contribution is -2.40. The minimum Gasteiger partial charge on any atom is -0.379 e. The van der Waals surface area contributed by atoms with Crippen molar-refractivity contribution < 1.29 is 27.5 Å². The Morgan fingerprint density at radius 1 is 1.03 bits per heavy atom. The van der Waals surface area contributed by atoms with Crippen LogP contribution in [0.2, 0.25) is 0 Å². The Morgan fingerprint density at radius 3 is 2.53 bits per heavy atom. The van der Waals surface area contributed by atoms with Gasteiger partial charge in [-0.05, 0) is 49.6 Å². The number of hydrogen-bond acceptors (Lipinski definition) is 6. The highest BCUT2D eigenvalue weighted by atomic mass is 32.2. The lowest BCUT2D eigenvalue weighted by atomic mass is 10.1. The zero-order valence-electron chi connectivity index (χ0n) is 19.1. The summed E-state index contributed by atoms with van der Waals surface area (Å²) >= 11 is 0. The Labute approximate surface area is 199 Å². The van der Waals surface area contributed by atoms with Crippen molar-refractivity contribution in [2.75, 3.05) is 44.8 Å². The first-order valence-electron chi connectivity index (χ1n) is 11.3. The van der Waals surface area contributed by atoms with Crippen LogP contribution in [-0.4, -0.2) is 70.1 Å². The molecular weight excluding hydrogens is 458 g/mol. The second-order valence-electron chi connectivity index (χ2n) is 8.34. The zero-order valence-corrected chi connectivity index (χ0v) is 19.9. The van der Waals surface area contributed by atoms with Gasteiger partial charge in [-0.25, -0.2) is 8.42 Å². The molecule has 2 aromatic carbocycles. The second-order valence-corrected chi connectivity index (χ2v) is 10.3. The fourth-order valence-corrected chi connectivity index (χ4v) is 5.46. The van der Waals surface area contributed by atoms with E-state index in [1.54, 1.807) is 37.3 Å². The van der Waals surface area contributed by atoms with E-state index in [1.165, 1.54) is 16.4 Å². The third kappa shape index (κ3) is 5.47. The Balaban J connectivity index is 1.52. The molecule has 0 saturated carbocycles. The van der Waals surface area contributed by atoms with Crippen LogP contribution in [0.1, 0.15) is 39.1 Å². The number of benzene rings is 2. The molecule has 2 saturated heterocycles. The molecule has 0 radical (unpaired) electrons. The van der Waals surface area contributed by atoms with Gasteiger partial charge in [0.15, 0.2) is 0 Å². The molecule has 0 unspecified atom stereocenters. The number of para-hydroxylation sites is 1. The largest absolute Gasteiger partial charge is 0.379 e. The van der Waals surface area contributed by atoms with Gasteiger partial charge in [-0.2, -0.15) is 4.31 Å². The van der Waals surface area contributed by atoms with Crippen molar-refractivity contribution in [1.82, 2.24) is 9.62 Å². The van der Waals surface area contributed by atoms with Crippen LogP contribution >= 0.6 is 0 Å². The number of morpholine rings is 1. The van der Waals surface area contributed by atoms with Crippen molar-refractivity contribution in [2.24, 2.45) is 0 Å². The Bertz CT molecular complexity index is 1160. The molecule has 2 fully saturated rings. The maximum Gasteiger partial charge on any atom is 0.255 e. The van der Waals surface area contributed by atoms with Crippen LogP contribution in [0.25, 0.3) is 0 Å². The Morgan fingerprint density at radius 2 is 1.79 bits per heavy atom. The Kier molecular flexibility index (Phi) is 7.62. The molecule has 2 aromatic rings. The van der Waals surface area contributed by atoms with Crippen molar-refractivity contribution in [3.63, 3.8) is 0 Å². The molecule has 9 nitrogen and oxygen atoms in total. The van der Waals surface area contributed by atoms with Crippen molar-refractivity contribution in [3.8, 4) is 0 Å². The molecule has 34 heavy (non-hydrogen) atoms. The fourth-order valence-electron chi connectivity index (χ4n) is 4.03. The Hall–Kier alpha value is -2.79. The normalized spacial score (nSPS) is 19.0. The molecule has 0 aromatic heterocycles. The molecule has 2 amide bonds. The summed E-state index contributed by atoms with van der Waals surface area (Å²) in [6.07, 6.45) is 1.89. The number of carbonyl (C=O) groups is 2. The van der Waals surface area contributed by atoms with Gasteiger partial charge >= 0.3 is 0 Å². The van der Waals surface area contributed by atoms with Crippen molar-refractivity contribution in [3.05, 3.63) is 59.2 Å². The number of sulfonamides is 1. The summed E-state index contributed by atoms with van der Waals surface area (Å²) in [6, 6.07) is 11.2. The van der Waals surface area contributed by atoms with Gasteiger partial charge in [0.25, 0.3) is 11.8 Å². The maximum atomic E-state index is 13.1. The molecule has 0 bridgehead atoms. The van der Waals surface area contributed by atoms with E-state index in [9.17, 15) is 18.0 Å². The summed E-state index contributed by atoms with van der Waals surface area (Å²) in [5, 5.41) is 5.64. The van der Waals surface area contributed by atoms with E-state index in [0.717, 1.165) is 12.8 Å². The summed E-state index contributed by atoms with van der Waals surface area (Å²) in [4.78, 5) is 25.9. The van der Waals surface area contributed by atoms with Crippen LogP contribution in [0.15, 0.2) is 47.4 Å². The fraction of sp³-hybridized carbons (Fsp3) is 0.417. The highest BCUT2D eigenvalue weighted by molar-refractivity contribution is 7.89. The van der Waals surface area contributed by atoms with Crippen LogP contribution in [-0.2, 0) is 19.5 Å². The van der Waals surface area contributed by atoms with E-state index < -0.39 is 15.9 Å². The molecule has 2 aliphatic heterocycles. The summed E-state index contributed by atoms with van der Waals surface area (Å²) in [5.74, 6) is -0.803. The molecule has 0 spiro atoms. The summed E-state index contributed by atoms with van der Waals surface area (Å²) in [6.45, 7) is 4.06. The molecule has 1 atom stereocenters. The molecule has 4 rings (SSSR count). The van der Waals surface area contributed by atoms with E-state index in [4.69, 9.17) is 9.47 Å². The van der Waals surface area contributed by atoms with Gasteiger partial charge in [-0.3, -0.25) is 9.59 Å². The minimum atomic E-state index is -3.75. The second kappa shape index (κ2) is 10.6. The average molecular weight is 488 g/mol. The standard InChI is InChI=1S/C24H29N3O6S/c1-17-8-9-19(34(30,31)27-10-13-32-14-11-27)15-21(17)24(29)26-22-7-3-2-6-20(22)23(28)25-16-18-5-4-12-33-18/h2-3,6-9,15,18H,4-5,10-14,16H2,1H3,(H,25,28)(H,26,29)/t18-/m1/s1. The highest BCUT2D eigenvalue weighted by Crippen LogP contribution is 2.23. The number of nitrogens with one attached hydrogen (secondary N) is 2. The predicted molar refractivity (Wildman–Crippen MR) is 126 cm³/mol. The quantitative estimate of drug-likeness (QED) is 0.619. The third-order valence-electron chi connectivity index (χ3n) is 6.00. The summed E-state index contributed by atoms with van der Waals surface area (Å²) in [7, 11) is -3.75. The predicted octanol–water partition coefficient (Wildman–Crippen LogP) is 2.18.